The molecule has 0 saturated heterocycles. The molecule has 6 heteroatoms. The van der Waals surface area contributed by atoms with Gasteiger partial charge in [-0.3, -0.25) is 4.79 Å². The van der Waals surface area contributed by atoms with E-state index >= 15 is 0 Å². The number of halogens is 1. The Bertz CT molecular complexity index is 841. The van der Waals surface area contributed by atoms with Gasteiger partial charge < -0.3 is 5.32 Å². The van der Waals surface area contributed by atoms with Gasteiger partial charge in [-0.25, -0.2) is 9.67 Å². The van der Waals surface area contributed by atoms with Gasteiger partial charge in [-0.2, -0.15) is 5.10 Å². The summed E-state index contributed by atoms with van der Waals surface area (Å²) in [6.45, 7) is 4.11. The van der Waals surface area contributed by atoms with Crippen LogP contribution in [0.25, 0.3) is 11.0 Å². The minimum Gasteiger partial charge on any atom is -0.321 e. The van der Waals surface area contributed by atoms with E-state index < -0.39 is 0 Å². The summed E-state index contributed by atoms with van der Waals surface area (Å²) in [5, 5.41) is 8.08. The molecule has 1 aromatic carbocycles. The quantitative estimate of drug-likeness (QED) is 0.768. The molecule has 0 aliphatic rings. The number of anilines is 1. The van der Waals surface area contributed by atoms with Crippen LogP contribution >= 0.6 is 15.9 Å². The number of carbonyl (C=O) groups excluding carboxylic acids is 1. The first-order valence-corrected chi connectivity index (χ1v) is 7.74. The molecule has 22 heavy (non-hydrogen) atoms. The van der Waals surface area contributed by atoms with Gasteiger partial charge in [0, 0.05) is 21.5 Å². The third-order valence-electron chi connectivity index (χ3n) is 3.27. The maximum absolute atomic E-state index is 12.2. The van der Waals surface area contributed by atoms with E-state index in [1.165, 1.54) is 0 Å². The molecule has 1 amide bonds. The van der Waals surface area contributed by atoms with Gasteiger partial charge in [-0.05, 0) is 38.1 Å². The van der Waals surface area contributed by atoms with Crippen molar-refractivity contribution in [3.05, 3.63) is 52.8 Å². The zero-order valence-electron chi connectivity index (χ0n) is 12.2. The number of rotatable bonds is 3. The molecule has 0 unspecified atom stereocenters. The summed E-state index contributed by atoms with van der Waals surface area (Å²) in [5.41, 5.74) is 2.06. The first-order chi connectivity index (χ1) is 10.5. The Balaban J connectivity index is 1.86. The van der Waals surface area contributed by atoms with Crippen LogP contribution in [0.5, 0.6) is 0 Å². The average Bonchev–Trinajstić information content (AvgIpc) is 2.90. The van der Waals surface area contributed by atoms with Crippen molar-refractivity contribution >= 4 is 38.6 Å². The Morgan fingerprint density at radius 1 is 1.27 bits per heavy atom. The van der Waals surface area contributed by atoms with Gasteiger partial charge in [-0.1, -0.05) is 22.0 Å². The second kappa shape index (κ2) is 5.88. The van der Waals surface area contributed by atoms with Crippen molar-refractivity contribution in [3.63, 3.8) is 0 Å². The summed E-state index contributed by atoms with van der Waals surface area (Å²) in [6, 6.07) is 9.37. The lowest BCUT2D eigenvalue weighted by Crippen LogP contribution is -2.12. The average molecular weight is 359 g/mol. The zero-order valence-corrected chi connectivity index (χ0v) is 13.8. The Morgan fingerprint density at radius 3 is 2.82 bits per heavy atom. The first-order valence-electron chi connectivity index (χ1n) is 6.95. The van der Waals surface area contributed by atoms with E-state index in [0.29, 0.717) is 11.3 Å². The van der Waals surface area contributed by atoms with E-state index in [2.05, 4.69) is 45.2 Å². The highest BCUT2D eigenvalue weighted by atomic mass is 79.9. The molecule has 0 aliphatic carbocycles. The third kappa shape index (κ3) is 2.87. The fourth-order valence-corrected chi connectivity index (χ4v) is 2.62. The number of benzene rings is 1. The highest BCUT2D eigenvalue weighted by Crippen LogP contribution is 2.20. The van der Waals surface area contributed by atoms with Crippen LogP contribution in [0.2, 0.25) is 0 Å². The SMILES string of the molecule is CC(C)n1ncc2cc(NC(=O)c3cccc(Br)c3)cnc21. The molecule has 3 rings (SSSR count). The van der Waals surface area contributed by atoms with Crippen LogP contribution in [0, 0.1) is 0 Å². The minimum absolute atomic E-state index is 0.168. The normalized spacial score (nSPS) is 11.1. The lowest BCUT2D eigenvalue weighted by atomic mass is 10.2. The van der Waals surface area contributed by atoms with E-state index in [4.69, 9.17) is 0 Å². The molecule has 0 radical (unpaired) electrons. The number of nitrogens with zero attached hydrogens (tertiary/aromatic N) is 3. The van der Waals surface area contributed by atoms with E-state index in [1.54, 1.807) is 24.5 Å². The van der Waals surface area contributed by atoms with Gasteiger partial charge in [0.25, 0.3) is 5.91 Å². The molecule has 0 spiro atoms. The van der Waals surface area contributed by atoms with E-state index in [9.17, 15) is 4.79 Å². The lowest BCUT2D eigenvalue weighted by Gasteiger charge is -2.08. The van der Waals surface area contributed by atoms with Crippen LogP contribution in [0.1, 0.15) is 30.2 Å². The second-order valence-corrected chi connectivity index (χ2v) is 6.20. The van der Waals surface area contributed by atoms with Crippen molar-refractivity contribution in [2.45, 2.75) is 19.9 Å². The Kier molecular flexibility index (Phi) is 3.94. The summed E-state index contributed by atoms with van der Waals surface area (Å²) in [4.78, 5) is 16.6. The monoisotopic (exact) mass is 358 g/mol. The molecule has 1 N–H and O–H groups in total. The van der Waals surface area contributed by atoms with Crippen molar-refractivity contribution in [2.75, 3.05) is 5.32 Å². The fraction of sp³-hybridized carbons (Fsp3) is 0.188. The molecule has 112 valence electrons. The molecule has 3 aromatic rings. The molecule has 0 saturated carbocycles. The van der Waals surface area contributed by atoms with Crippen molar-refractivity contribution in [3.8, 4) is 0 Å². The summed E-state index contributed by atoms with van der Waals surface area (Å²) >= 11 is 3.36. The topological polar surface area (TPSA) is 59.8 Å². The fourth-order valence-electron chi connectivity index (χ4n) is 2.22. The zero-order chi connectivity index (χ0) is 15.7. The number of hydrogen-bond donors (Lipinski definition) is 1. The number of aromatic nitrogens is 3. The van der Waals surface area contributed by atoms with Gasteiger partial charge in [0.2, 0.25) is 0 Å². The van der Waals surface area contributed by atoms with Gasteiger partial charge in [0.05, 0.1) is 18.1 Å². The van der Waals surface area contributed by atoms with Crippen LogP contribution in [0.3, 0.4) is 0 Å². The van der Waals surface area contributed by atoms with Crippen LogP contribution in [0.4, 0.5) is 5.69 Å². The molecule has 0 aliphatic heterocycles. The molecule has 0 fully saturated rings. The Labute approximate surface area is 136 Å². The van der Waals surface area contributed by atoms with Crippen LogP contribution in [0.15, 0.2) is 47.2 Å². The number of carbonyl (C=O) groups is 1. The largest absolute Gasteiger partial charge is 0.321 e. The van der Waals surface area contributed by atoms with Gasteiger partial charge >= 0.3 is 0 Å². The van der Waals surface area contributed by atoms with Crippen molar-refractivity contribution < 1.29 is 4.79 Å². The predicted octanol–water partition coefficient (Wildman–Crippen LogP) is 4.03. The summed E-state index contributed by atoms with van der Waals surface area (Å²) in [7, 11) is 0. The smallest absolute Gasteiger partial charge is 0.255 e. The van der Waals surface area contributed by atoms with Crippen LogP contribution < -0.4 is 5.32 Å². The lowest BCUT2D eigenvalue weighted by molar-refractivity contribution is 0.102. The van der Waals surface area contributed by atoms with E-state index in [-0.39, 0.29) is 11.9 Å². The molecule has 5 nitrogen and oxygen atoms in total. The van der Waals surface area contributed by atoms with Crippen LogP contribution in [-0.2, 0) is 0 Å². The van der Waals surface area contributed by atoms with Gasteiger partial charge in [-0.15, -0.1) is 0 Å². The minimum atomic E-state index is -0.168. The molecular formula is C16H15BrN4O. The highest BCUT2D eigenvalue weighted by molar-refractivity contribution is 9.10. The maximum atomic E-state index is 12.2. The maximum Gasteiger partial charge on any atom is 0.255 e. The van der Waals surface area contributed by atoms with Crippen molar-refractivity contribution in [2.24, 2.45) is 0 Å². The van der Waals surface area contributed by atoms with E-state index in [0.717, 1.165) is 15.5 Å². The standard InChI is InChI=1S/C16H15BrN4O/c1-10(2)21-15-12(8-19-21)7-14(9-18-15)20-16(22)11-4-3-5-13(17)6-11/h3-10H,1-2H3,(H,20,22). The molecule has 0 atom stereocenters. The second-order valence-electron chi connectivity index (χ2n) is 5.28. The third-order valence-corrected chi connectivity index (χ3v) is 3.76. The molecule has 2 aromatic heterocycles. The summed E-state index contributed by atoms with van der Waals surface area (Å²) in [6.07, 6.45) is 3.41. The Hall–Kier alpha value is -2.21. The molecule has 2 heterocycles. The van der Waals surface area contributed by atoms with Gasteiger partial charge in [0.15, 0.2) is 5.65 Å². The summed E-state index contributed by atoms with van der Waals surface area (Å²) < 4.78 is 2.72. The first kappa shape index (κ1) is 14.7. The number of nitrogens with one attached hydrogen (secondary N) is 1. The predicted molar refractivity (Wildman–Crippen MR) is 90.0 cm³/mol. The van der Waals surface area contributed by atoms with Gasteiger partial charge in [0.1, 0.15) is 0 Å². The molecule has 0 bridgehead atoms. The van der Waals surface area contributed by atoms with E-state index in [1.807, 2.05) is 22.9 Å². The van der Waals surface area contributed by atoms with Crippen molar-refractivity contribution in [1.82, 2.24) is 14.8 Å². The van der Waals surface area contributed by atoms with Crippen molar-refractivity contribution in [1.29, 1.82) is 0 Å². The number of pyridine rings is 1. The summed E-state index contributed by atoms with van der Waals surface area (Å²) in [5.74, 6) is -0.168. The molecular weight excluding hydrogens is 344 g/mol. The number of fused-ring (bicyclic) bond motifs is 1. The number of hydrogen-bond acceptors (Lipinski definition) is 3. The highest BCUT2D eigenvalue weighted by Gasteiger charge is 2.10. The Morgan fingerprint density at radius 2 is 2.09 bits per heavy atom. The number of amides is 1. The van der Waals surface area contributed by atoms with Crippen LogP contribution in [-0.4, -0.2) is 20.7 Å².